The first kappa shape index (κ1) is 51.1. The number of rotatable bonds is 23. The highest BCUT2D eigenvalue weighted by atomic mass is 32.1. The molecule has 4 heterocycles. The number of aryl methyl sites for hydroxylation is 1. The molecule has 1 saturated heterocycles. The van der Waals surface area contributed by atoms with E-state index in [1.54, 1.807) is 37.6 Å². The minimum Gasteiger partial charge on any atom is -0.415 e. The Morgan fingerprint density at radius 1 is 0.882 bits per heavy atom. The number of β-amino-alcohol motifs (C(OH)–C–C–N with tert-alkyl or cyclic N) is 1. The van der Waals surface area contributed by atoms with Crippen LogP contribution < -0.4 is 21.3 Å². The number of nitrogens with one attached hydrogen (secondary N) is 4. The molecule has 0 aliphatic carbocycles. The van der Waals surface area contributed by atoms with E-state index in [-0.39, 0.29) is 77.0 Å². The van der Waals surface area contributed by atoms with Crippen molar-refractivity contribution in [2.24, 2.45) is 5.41 Å². The van der Waals surface area contributed by atoms with Gasteiger partial charge >= 0.3 is 6.43 Å². The highest BCUT2D eigenvalue weighted by molar-refractivity contribution is 7.13. The summed E-state index contributed by atoms with van der Waals surface area (Å²) in [4.78, 5) is 68.0. The van der Waals surface area contributed by atoms with Crippen LogP contribution >= 0.6 is 11.3 Å². The number of aromatic nitrogens is 5. The minimum absolute atomic E-state index is 0.0479. The zero-order valence-corrected chi connectivity index (χ0v) is 39.2. The zero-order valence-electron chi connectivity index (χ0n) is 38.4. The zero-order chi connectivity index (χ0) is 48.8. The fourth-order valence-corrected chi connectivity index (χ4v) is 7.95. The Morgan fingerprint density at radius 2 is 1.54 bits per heavy atom. The second-order valence-electron chi connectivity index (χ2n) is 17.1. The summed E-state index contributed by atoms with van der Waals surface area (Å²) in [5, 5.41) is 29.1. The number of alkyl halides is 2. The van der Waals surface area contributed by atoms with Gasteiger partial charge < -0.3 is 49.9 Å². The molecule has 3 aromatic heterocycles. The highest BCUT2D eigenvalue weighted by Gasteiger charge is 2.44. The van der Waals surface area contributed by atoms with Crippen molar-refractivity contribution in [3.63, 3.8) is 0 Å². The Kier molecular flexibility index (Phi) is 18.1. The Morgan fingerprint density at radius 3 is 2.18 bits per heavy atom. The number of hydrogen-bond acceptors (Lipinski definition) is 16. The van der Waals surface area contributed by atoms with Crippen molar-refractivity contribution in [1.29, 1.82) is 0 Å². The van der Waals surface area contributed by atoms with Gasteiger partial charge in [0.05, 0.1) is 60.2 Å². The first-order chi connectivity index (χ1) is 32.5. The van der Waals surface area contributed by atoms with Gasteiger partial charge in [-0.1, -0.05) is 69.3 Å². The van der Waals surface area contributed by atoms with Crippen molar-refractivity contribution in [3.05, 3.63) is 94.7 Å². The van der Waals surface area contributed by atoms with Crippen LogP contribution in [0.2, 0.25) is 0 Å². The van der Waals surface area contributed by atoms with Crippen LogP contribution in [0.15, 0.2) is 70.9 Å². The molecule has 2 aromatic carbocycles. The first-order valence-corrected chi connectivity index (χ1v) is 22.8. The van der Waals surface area contributed by atoms with Gasteiger partial charge in [0.1, 0.15) is 25.3 Å². The lowest BCUT2D eigenvalue weighted by atomic mass is 9.85. The topological polar surface area (TPSA) is 245 Å². The van der Waals surface area contributed by atoms with E-state index in [0.29, 0.717) is 18.1 Å². The first-order valence-electron chi connectivity index (χ1n) is 21.9. The molecule has 5 N–H and O–H groups in total. The van der Waals surface area contributed by atoms with Gasteiger partial charge in [0.25, 0.3) is 11.8 Å². The van der Waals surface area contributed by atoms with E-state index in [1.807, 2.05) is 62.4 Å². The molecule has 1 aliphatic rings. The van der Waals surface area contributed by atoms with Crippen LogP contribution in [0, 0.1) is 12.3 Å². The van der Waals surface area contributed by atoms with Crippen molar-refractivity contribution >= 4 is 40.9 Å². The number of aliphatic hydroxyl groups excluding tert-OH is 1. The van der Waals surface area contributed by atoms with Crippen LogP contribution in [0.5, 0.6) is 0 Å². The van der Waals surface area contributed by atoms with E-state index in [0.717, 1.165) is 32.8 Å². The summed E-state index contributed by atoms with van der Waals surface area (Å²) in [5.41, 5.74) is 5.97. The lowest BCUT2D eigenvalue weighted by molar-refractivity contribution is -0.144. The Hall–Kier alpha value is -6.33. The third kappa shape index (κ3) is 14.6. The normalized spacial score (nSPS) is 15.8. The Bertz CT molecular complexity index is 2450. The van der Waals surface area contributed by atoms with Gasteiger partial charge in [0, 0.05) is 38.4 Å². The van der Waals surface area contributed by atoms with Gasteiger partial charge in [-0.25, -0.2) is 15.0 Å². The maximum Gasteiger partial charge on any atom is 0.314 e. The van der Waals surface area contributed by atoms with E-state index in [2.05, 4.69) is 46.4 Å². The van der Waals surface area contributed by atoms with Crippen molar-refractivity contribution in [2.45, 2.75) is 84.8 Å². The molecular weight excluding hydrogens is 907 g/mol. The predicted molar refractivity (Wildman–Crippen MR) is 245 cm³/mol. The van der Waals surface area contributed by atoms with E-state index in [1.165, 1.54) is 17.3 Å². The molecule has 4 atom stereocenters. The number of thiazole rings is 1. The number of carbonyl (C=O) groups is 4. The highest BCUT2D eigenvalue weighted by Crippen LogP contribution is 2.30. The van der Waals surface area contributed by atoms with E-state index in [4.69, 9.17) is 18.6 Å². The maximum absolute atomic E-state index is 14.0. The number of ether oxygens (including phenoxy) is 3. The lowest BCUT2D eigenvalue weighted by Crippen LogP contribution is -2.58. The summed E-state index contributed by atoms with van der Waals surface area (Å²) in [6, 6.07) is 13.1. The van der Waals surface area contributed by atoms with Crippen molar-refractivity contribution in [1.82, 2.24) is 46.0 Å². The quantitative estimate of drug-likeness (QED) is 0.0564. The fourth-order valence-electron chi connectivity index (χ4n) is 7.14. The van der Waals surface area contributed by atoms with Gasteiger partial charge in [0.15, 0.2) is 0 Å². The Labute approximate surface area is 395 Å². The maximum atomic E-state index is 14.0. The van der Waals surface area contributed by atoms with Crippen LogP contribution in [-0.2, 0) is 46.5 Å². The van der Waals surface area contributed by atoms with Crippen molar-refractivity contribution < 1.29 is 51.7 Å². The number of nitrogens with zero attached hydrogens (tertiary/aromatic N) is 6. The van der Waals surface area contributed by atoms with Gasteiger partial charge in [-0.2, -0.15) is 8.78 Å². The van der Waals surface area contributed by atoms with Crippen molar-refractivity contribution in [2.75, 3.05) is 51.5 Å². The molecule has 0 spiro atoms. The summed E-state index contributed by atoms with van der Waals surface area (Å²) in [7, 11) is 0. The summed E-state index contributed by atoms with van der Waals surface area (Å²) < 4.78 is 46.8. The molecule has 0 saturated carbocycles. The number of likely N-dealkylation sites (tertiary alicyclic amines) is 1. The SMILES string of the molecule is Cc1ncsc1-c1ccc([C@H](C)NC(=O)[C@@H]2C[C@@H](O)CN2C(=O)[C@@H](NC(=O)COCCOCCOCC(=O)NCc2cccc(CNc3ncc(-c4nnc(C(F)F)o4)cn3)c2)C(C)(C)C)cc1. The third-order valence-electron chi connectivity index (χ3n) is 10.7. The molecule has 6 rings (SSSR count). The average molecular weight is 963 g/mol. The number of amides is 4. The molecule has 68 heavy (non-hydrogen) atoms. The largest absolute Gasteiger partial charge is 0.415 e. The number of anilines is 1. The Balaban J connectivity index is 0.836. The molecule has 19 nitrogen and oxygen atoms in total. The summed E-state index contributed by atoms with van der Waals surface area (Å²) in [6.45, 7) is 9.84. The van der Waals surface area contributed by atoms with E-state index < -0.39 is 53.6 Å². The van der Waals surface area contributed by atoms with Gasteiger partial charge in [-0.05, 0) is 41.5 Å². The number of carbonyl (C=O) groups excluding carboxylic acids is 4. The molecular formula is C46H56F2N10O9S. The number of hydrogen-bond donors (Lipinski definition) is 5. The smallest absolute Gasteiger partial charge is 0.314 e. The standard InChI is InChI=1S/C46H56F2N10O9S/c1-27(31-9-11-32(12-10-31)38-28(2)53-26-68-38)54-41(62)35-18-34(59)23-58(35)44(63)39(46(3,4)5)55-37(61)25-66-16-14-64-13-15-65-24-36(60)49-19-29-7-6-8-30(17-29)20-50-45-51-21-33(22-52-45)42-56-57-43(67-42)40(47)48/h6-12,17,21-22,26-27,34-35,39-40,59H,13-16,18-20,23-25H2,1-5H3,(H,49,60)(H,54,62)(H,55,61)(H,50,51,52)/t27-,34+,35-,39+/m0/s1. The molecule has 0 bridgehead atoms. The van der Waals surface area contributed by atoms with Crippen LogP contribution in [0.3, 0.4) is 0 Å². The van der Waals surface area contributed by atoms with Crippen molar-refractivity contribution in [3.8, 4) is 21.9 Å². The monoisotopic (exact) mass is 962 g/mol. The van der Waals surface area contributed by atoms with E-state index >= 15 is 0 Å². The fraction of sp³-hybridized carbons (Fsp3) is 0.457. The number of halogens is 2. The summed E-state index contributed by atoms with van der Waals surface area (Å²) >= 11 is 1.56. The molecule has 1 fully saturated rings. The van der Waals surface area contributed by atoms with Crippen LogP contribution in [0.4, 0.5) is 14.7 Å². The van der Waals surface area contributed by atoms with Crippen LogP contribution in [0.25, 0.3) is 21.9 Å². The molecule has 4 amide bonds. The molecule has 364 valence electrons. The summed E-state index contributed by atoms with van der Waals surface area (Å²) in [5.74, 6) is -2.32. The predicted octanol–water partition coefficient (Wildman–Crippen LogP) is 4.54. The number of aliphatic hydroxyl groups is 1. The third-order valence-corrected chi connectivity index (χ3v) is 11.7. The molecule has 22 heteroatoms. The van der Waals surface area contributed by atoms with Crippen LogP contribution in [0.1, 0.15) is 74.9 Å². The number of benzene rings is 2. The molecule has 1 aliphatic heterocycles. The van der Waals surface area contributed by atoms with Gasteiger partial charge in [-0.3, -0.25) is 19.2 Å². The van der Waals surface area contributed by atoms with E-state index in [9.17, 15) is 33.1 Å². The molecule has 0 unspecified atom stereocenters. The lowest BCUT2D eigenvalue weighted by Gasteiger charge is -2.35. The molecule has 0 radical (unpaired) electrons. The second-order valence-corrected chi connectivity index (χ2v) is 17.9. The molecule has 5 aromatic rings. The minimum atomic E-state index is -2.88. The van der Waals surface area contributed by atoms with Gasteiger partial charge in [-0.15, -0.1) is 21.5 Å². The van der Waals surface area contributed by atoms with Crippen LogP contribution in [-0.4, -0.2) is 123 Å². The summed E-state index contributed by atoms with van der Waals surface area (Å²) in [6.07, 6.45) is -0.955. The van der Waals surface area contributed by atoms with Gasteiger partial charge in [0.2, 0.25) is 29.6 Å². The average Bonchev–Trinajstić information content (AvgIpc) is 4.09. The second kappa shape index (κ2) is 24.1.